The monoisotopic (exact) mass is 1030 g/mol. The van der Waals surface area contributed by atoms with E-state index >= 15 is 0 Å². The zero-order chi connectivity index (χ0) is 48.4. The van der Waals surface area contributed by atoms with E-state index in [0.29, 0.717) is 24.3 Å². The molecular formula is C58H66Cl2N6O7. The lowest BCUT2D eigenvalue weighted by Crippen LogP contribution is -2.45. The highest BCUT2D eigenvalue weighted by Gasteiger charge is 2.28. The van der Waals surface area contributed by atoms with Gasteiger partial charge in [0.15, 0.2) is 0 Å². The van der Waals surface area contributed by atoms with Crippen LogP contribution in [0.25, 0.3) is 33.2 Å². The van der Waals surface area contributed by atoms with Crippen LogP contribution in [0.2, 0.25) is 0 Å². The van der Waals surface area contributed by atoms with Crippen LogP contribution in [0.3, 0.4) is 0 Å². The number of carbonyl (C=O) groups excluding carboxylic acids is 2. The van der Waals surface area contributed by atoms with Crippen LogP contribution in [0.5, 0.6) is 23.0 Å². The van der Waals surface area contributed by atoms with Gasteiger partial charge in [-0.2, -0.15) is 0 Å². The van der Waals surface area contributed by atoms with E-state index in [-0.39, 0.29) is 65.7 Å². The minimum atomic E-state index is -0.0846. The van der Waals surface area contributed by atoms with Gasteiger partial charge in [0.25, 0.3) is 11.8 Å². The van der Waals surface area contributed by atoms with Crippen molar-refractivity contribution >= 4 is 58.4 Å². The van der Waals surface area contributed by atoms with Crippen molar-refractivity contribution in [1.82, 2.24) is 29.6 Å². The summed E-state index contributed by atoms with van der Waals surface area (Å²) in [5.74, 6) is 1.93. The molecule has 0 aliphatic carbocycles. The second-order valence-electron chi connectivity index (χ2n) is 18.2. The van der Waals surface area contributed by atoms with E-state index in [4.69, 9.17) is 9.47 Å². The summed E-state index contributed by atoms with van der Waals surface area (Å²) < 4.78 is 15.8. The zero-order valence-corrected chi connectivity index (χ0v) is 42.9. The fourth-order valence-corrected chi connectivity index (χ4v) is 9.94. The first kappa shape index (κ1) is 55.3. The van der Waals surface area contributed by atoms with Gasteiger partial charge in [-0.1, -0.05) is 72.8 Å². The van der Waals surface area contributed by atoms with Crippen molar-refractivity contribution in [3.8, 4) is 34.4 Å². The SMILES string of the molecule is Cc1c(C(=O)NC2CCN(CCOc3ccccc3)CC2)c2cc(O)ccc2n1-c1ccccc1.Cc1c(C(=O)NC2CCN(CCOc3ccccc3)CC2)c2cc(O)ccc2n1-c1ccccc1.Cl.Cl.O. The van der Waals surface area contributed by atoms with Crippen LogP contribution in [0, 0.1) is 13.8 Å². The van der Waals surface area contributed by atoms with E-state index in [0.717, 1.165) is 121 Å². The number of carbonyl (C=O) groups is 2. The molecule has 2 saturated heterocycles. The highest BCUT2D eigenvalue weighted by Crippen LogP contribution is 2.34. The van der Waals surface area contributed by atoms with Gasteiger partial charge in [-0.15, -0.1) is 24.8 Å². The van der Waals surface area contributed by atoms with Crippen molar-refractivity contribution < 1.29 is 34.8 Å². The summed E-state index contributed by atoms with van der Waals surface area (Å²) in [6.45, 7) is 10.7. The number of ether oxygens (including phenoxy) is 2. The zero-order valence-electron chi connectivity index (χ0n) is 41.3. The quantitative estimate of drug-likeness (QED) is 0.0836. The van der Waals surface area contributed by atoms with Crippen molar-refractivity contribution in [3.63, 3.8) is 0 Å². The van der Waals surface area contributed by atoms with Gasteiger partial charge in [0.1, 0.15) is 36.2 Å². The number of phenolic OH excluding ortho intramolecular Hbond substituents is 2. The summed E-state index contributed by atoms with van der Waals surface area (Å²) in [4.78, 5) is 31.7. The smallest absolute Gasteiger partial charge is 0.253 e. The van der Waals surface area contributed by atoms with Gasteiger partial charge >= 0.3 is 0 Å². The second-order valence-corrected chi connectivity index (χ2v) is 18.2. The van der Waals surface area contributed by atoms with Crippen LogP contribution in [0.1, 0.15) is 57.8 Å². The number of halogens is 2. The molecule has 0 saturated carbocycles. The Morgan fingerprint density at radius 2 is 0.836 bits per heavy atom. The average Bonchev–Trinajstić information content (AvgIpc) is 3.84. The van der Waals surface area contributed by atoms with Crippen molar-refractivity contribution in [3.05, 3.63) is 180 Å². The third kappa shape index (κ3) is 13.4. The number of phenols is 2. The number of para-hydroxylation sites is 4. The Balaban J connectivity index is 0.000000229. The Bertz CT molecular complexity index is 2810. The topological polar surface area (TPSA) is 165 Å². The number of nitrogens with zero attached hydrogens (tertiary/aromatic N) is 4. The van der Waals surface area contributed by atoms with Crippen molar-refractivity contribution in [2.75, 3.05) is 52.5 Å². The lowest BCUT2D eigenvalue weighted by molar-refractivity contribution is 0.0898. The maximum atomic E-state index is 13.5. The first-order valence-corrected chi connectivity index (χ1v) is 24.4. The van der Waals surface area contributed by atoms with E-state index in [2.05, 4.69) is 29.6 Å². The molecule has 2 aromatic heterocycles. The van der Waals surface area contributed by atoms with Crippen LogP contribution in [-0.4, -0.2) is 111 Å². The fraction of sp³-hybridized carbons (Fsp3) is 0.276. The summed E-state index contributed by atoms with van der Waals surface area (Å²) >= 11 is 0. The molecular weight excluding hydrogens is 964 g/mol. The average molecular weight is 1030 g/mol. The molecule has 2 fully saturated rings. The van der Waals surface area contributed by atoms with Crippen molar-refractivity contribution in [1.29, 1.82) is 0 Å². The van der Waals surface area contributed by atoms with Crippen LogP contribution >= 0.6 is 24.8 Å². The van der Waals surface area contributed by atoms with Gasteiger partial charge in [-0.05, 0) is 124 Å². The summed E-state index contributed by atoms with van der Waals surface area (Å²) in [7, 11) is 0. The van der Waals surface area contributed by atoms with Crippen molar-refractivity contribution in [2.45, 2.75) is 51.6 Å². The van der Waals surface area contributed by atoms with Gasteiger partial charge in [-0.25, -0.2) is 0 Å². The van der Waals surface area contributed by atoms with E-state index in [9.17, 15) is 19.8 Å². The molecule has 0 atom stereocenters. The molecule has 0 unspecified atom stereocenters. The summed E-state index contributed by atoms with van der Waals surface area (Å²) in [6.07, 6.45) is 3.61. The molecule has 0 radical (unpaired) electrons. The minimum Gasteiger partial charge on any atom is -0.508 e. The first-order valence-electron chi connectivity index (χ1n) is 24.4. The molecule has 6 N–H and O–H groups in total. The fourth-order valence-electron chi connectivity index (χ4n) is 9.94. The standard InChI is InChI=1S/2C29H31N3O3.2ClH.H2O/c2*1-21-28(26-20-24(33)12-13-27(26)32(21)23-8-4-2-5-9-23)29(34)30-22-14-16-31(17-15-22)18-19-35-25-10-6-3-7-11-25;;;/h2*2-13,20,22,33H,14-19H2,1H3,(H,30,34);2*1H;1H2. The predicted molar refractivity (Wildman–Crippen MR) is 295 cm³/mol. The number of likely N-dealkylation sites (tertiary alicyclic amines) is 2. The lowest BCUT2D eigenvalue weighted by Gasteiger charge is -2.32. The number of nitrogens with one attached hydrogen (secondary N) is 2. The number of hydrogen-bond donors (Lipinski definition) is 4. The molecule has 2 aliphatic rings. The molecule has 13 nitrogen and oxygen atoms in total. The van der Waals surface area contributed by atoms with Crippen molar-refractivity contribution in [2.24, 2.45) is 0 Å². The molecule has 2 amide bonds. The molecule has 6 aromatic carbocycles. The molecule has 0 bridgehead atoms. The molecule has 0 spiro atoms. The van der Waals surface area contributed by atoms with E-state index < -0.39 is 0 Å². The molecule has 8 aromatic rings. The van der Waals surface area contributed by atoms with Gasteiger partial charge in [0.2, 0.25) is 0 Å². The third-order valence-corrected chi connectivity index (χ3v) is 13.5. The van der Waals surface area contributed by atoms with Crippen LogP contribution in [0.15, 0.2) is 158 Å². The van der Waals surface area contributed by atoms with E-state index in [1.54, 1.807) is 24.3 Å². The number of amides is 2. The molecule has 384 valence electrons. The summed E-state index contributed by atoms with van der Waals surface area (Å²) in [5.41, 5.74) is 6.78. The van der Waals surface area contributed by atoms with Gasteiger partial charge in [0, 0.05) is 84.9 Å². The number of piperidine rings is 2. The van der Waals surface area contributed by atoms with Gasteiger partial charge in [0.05, 0.1) is 22.2 Å². The number of aromatic hydroxyl groups is 2. The Morgan fingerprint density at radius 1 is 0.507 bits per heavy atom. The van der Waals surface area contributed by atoms with Gasteiger partial charge < -0.3 is 44.9 Å². The first-order chi connectivity index (χ1) is 34.2. The Hall–Kier alpha value is -7.00. The molecule has 4 heterocycles. The summed E-state index contributed by atoms with van der Waals surface area (Å²) in [5, 5.41) is 28.3. The third-order valence-electron chi connectivity index (χ3n) is 13.5. The highest BCUT2D eigenvalue weighted by atomic mass is 35.5. The Morgan fingerprint density at radius 3 is 1.18 bits per heavy atom. The number of hydrogen-bond acceptors (Lipinski definition) is 8. The minimum absolute atomic E-state index is 0. The van der Waals surface area contributed by atoms with Crippen LogP contribution in [0.4, 0.5) is 0 Å². The van der Waals surface area contributed by atoms with E-state index in [1.807, 2.05) is 147 Å². The lowest BCUT2D eigenvalue weighted by atomic mass is 10.0. The maximum absolute atomic E-state index is 13.5. The summed E-state index contributed by atoms with van der Waals surface area (Å²) in [6, 6.07) is 50.5. The Labute approximate surface area is 439 Å². The molecule has 10 rings (SSSR count). The largest absolute Gasteiger partial charge is 0.508 e. The normalized spacial score (nSPS) is 14.2. The molecule has 2 aliphatic heterocycles. The second kappa shape index (κ2) is 26.1. The number of fused-ring (bicyclic) bond motifs is 2. The molecule has 73 heavy (non-hydrogen) atoms. The van der Waals surface area contributed by atoms with Crippen LogP contribution < -0.4 is 20.1 Å². The highest BCUT2D eigenvalue weighted by molar-refractivity contribution is 6.10. The van der Waals surface area contributed by atoms with Gasteiger partial charge in [-0.3, -0.25) is 19.4 Å². The predicted octanol–water partition coefficient (Wildman–Crippen LogP) is 9.85. The number of rotatable bonds is 14. The maximum Gasteiger partial charge on any atom is 0.253 e. The number of benzene rings is 6. The Kier molecular flexibility index (Phi) is 19.8. The number of aromatic nitrogens is 2. The van der Waals surface area contributed by atoms with Crippen LogP contribution in [-0.2, 0) is 0 Å². The molecule has 15 heteroatoms. The van der Waals surface area contributed by atoms with E-state index in [1.165, 1.54) is 0 Å².